The number of aryl methyl sites for hydroxylation is 2. The highest BCUT2D eigenvalue weighted by Crippen LogP contribution is 2.68. The fourth-order valence-corrected chi connectivity index (χ4v) is 6.89. The number of hydrogen-bond acceptors (Lipinski definition) is 3. The number of benzene rings is 2. The zero-order valence-corrected chi connectivity index (χ0v) is 18.9. The van der Waals surface area contributed by atoms with Crippen LogP contribution >= 0.6 is 0 Å². The van der Waals surface area contributed by atoms with Crippen LogP contribution in [0.3, 0.4) is 0 Å². The molecular formula is C26H36N2O. The summed E-state index contributed by atoms with van der Waals surface area (Å²) in [6.07, 6.45) is 0. The van der Waals surface area contributed by atoms with E-state index in [2.05, 4.69) is 81.7 Å². The fraction of sp³-hybridized carbons (Fsp3) is 0.538. The van der Waals surface area contributed by atoms with Crippen LogP contribution in [-0.2, 0) is 5.60 Å². The maximum Gasteiger partial charge on any atom is 0.103 e. The third-order valence-corrected chi connectivity index (χ3v) is 7.86. The predicted octanol–water partition coefficient (Wildman–Crippen LogP) is 4.75. The van der Waals surface area contributed by atoms with Crippen molar-refractivity contribution in [2.45, 2.75) is 53.2 Å². The van der Waals surface area contributed by atoms with Crippen molar-refractivity contribution >= 4 is 5.69 Å². The van der Waals surface area contributed by atoms with Crippen LogP contribution in [0.5, 0.6) is 0 Å². The van der Waals surface area contributed by atoms with Gasteiger partial charge < -0.3 is 10.0 Å². The lowest BCUT2D eigenvalue weighted by Gasteiger charge is -2.72. The summed E-state index contributed by atoms with van der Waals surface area (Å²) in [6.45, 7) is 17.6. The van der Waals surface area contributed by atoms with Crippen LogP contribution in [0.4, 0.5) is 5.69 Å². The van der Waals surface area contributed by atoms with Crippen molar-refractivity contribution in [2.24, 2.45) is 10.8 Å². The number of para-hydroxylation sites is 1. The Morgan fingerprint density at radius 3 is 1.79 bits per heavy atom. The molecule has 2 aliphatic rings. The van der Waals surface area contributed by atoms with Crippen LogP contribution in [0, 0.1) is 24.7 Å². The molecular weight excluding hydrogens is 356 g/mol. The molecule has 2 fully saturated rings. The molecule has 0 aromatic heterocycles. The first-order valence-electron chi connectivity index (χ1n) is 11.0. The van der Waals surface area contributed by atoms with Gasteiger partial charge in [-0.15, -0.1) is 0 Å². The Hall–Kier alpha value is -1.84. The molecule has 3 heteroatoms. The largest absolute Gasteiger partial charge is 0.384 e. The van der Waals surface area contributed by atoms with Crippen LogP contribution in [-0.4, -0.2) is 42.2 Å². The molecule has 0 atom stereocenters. The van der Waals surface area contributed by atoms with Crippen LogP contribution in [0.1, 0.15) is 44.4 Å². The molecule has 1 aliphatic heterocycles. The second-order valence-corrected chi connectivity index (χ2v) is 10.2. The van der Waals surface area contributed by atoms with Gasteiger partial charge in [0.2, 0.25) is 0 Å². The second-order valence-electron chi connectivity index (χ2n) is 10.2. The van der Waals surface area contributed by atoms with E-state index in [1.807, 2.05) is 18.2 Å². The predicted molar refractivity (Wildman–Crippen MR) is 121 cm³/mol. The standard InChI is InChI=1S/C26H36N2O/c1-19-11-10-12-20(2)22(19)27-15-17-28(18-16-27)23-24(3,4)26(29,25(23,5)6)21-13-8-7-9-14-21/h7-14,23,29H,15-18H2,1-6H3. The molecule has 1 aliphatic carbocycles. The van der Waals surface area contributed by atoms with E-state index >= 15 is 0 Å². The van der Waals surface area contributed by atoms with Gasteiger partial charge in [0.1, 0.15) is 5.60 Å². The fourth-order valence-electron chi connectivity index (χ4n) is 6.89. The lowest BCUT2D eigenvalue weighted by molar-refractivity contribution is -0.307. The van der Waals surface area contributed by atoms with Gasteiger partial charge in [-0.25, -0.2) is 0 Å². The quantitative estimate of drug-likeness (QED) is 0.817. The Bertz CT molecular complexity index is 843. The summed E-state index contributed by atoms with van der Waals surface area (Å²) in [7, 11) is 0. The Balaban J connectivity index is 1.55. The van der Waals surface area contributed by atoms with Crippen molar-refractivity contribution in [3.63, 3.8) is 0 Å². The minimum absolute atomic E-state index is 0.210. The molecule has 1 N–H and O–H groups in total. The van der Waals surface area contributed by atoms with Crippen molar-refractivity contribution in [3.05, 3.63) is 65.2 Å². The summed E-state index contributed by atoms with van der Waals surface area (Å²) in [5.41, 5.74) is 3.93. The summed E-state index contributed by atoms with van der Waals surface area (Å²) in [6, 6.07) is 17.2. The molecule has 156 valence electrons. The maximum absolute atomic E-state index is 11.9. The van der Waals surface area contributed by atoms with Crippen LogP contribution < -0.4 is 4.90 Å². The topological polar surface area (TPSA) is 26.7 Å². The van der Waals surface area contributed by atoms with E-state index in [0.29, 0.717) is 6.04 Å². The highest BCUT2D eigenvalue weighted by atomic mass is 16.3. The van der Waals surface area contributed by atoms with E-state index < -0.39 is 5.60 Å². The Morgan fingerprint density at radius 1 is 0.759 bits per heavy atom. The van der Waals surface area contributed by atoms with Crippen molar-refractivity contribution in [2.75, 3.05) is 31.1 Å². The number of aliphatic hydroxyl groups is 1. The average Bonchev–Trinajstić information content (AvgIpc) is 2.68. The van der Waals surface area contributed by atoms with Gasteiger partial charge in [-0.05, 0) is 30.5 Å². The van der Waals surface area contributed by atoms with Crippen molar-refractivity contribution < 1.29 is 5.11 Å². The lowest BCUT2D eigenvalue weighted by atomic mass is 9.39. The molecule has 0 unspecified atom stereocenters. The summed E-state index contributed by atoms with van der Waals surface area (Å²) >= 11 is 0. The Morgan fingerprint density at radius 2 is 1.28 bits per heavy atom. The molecule has 29 heavy (non-hydrogen) atoms. The van der Waals surface area contributed by atoms with Crippen LogP contribution in [0.25, 0.3) is 0 Å². The van der Waals surface area contributed by atoms with Crippen LogP contribution in [0.15, 0.2) is 48.5 Å². The van der Waals surface area contributed by atoms with E-state index in [0.717, 1.165) is 31.7 Å². The third kappa shape index (κ3) is 2.78. The molecule has 4 rings (SSSR count). The van der Waals surface area contributed by atoms with Gasteiger partial charge >= 0.3 is 0 Å². The molecule has 0 radical (unpaired) electrons. The molecule has 0 bridgehead atoms. The highest BCUT2D eigenvalue weighted by Gasteiger charge is 2.73. The van der Waals surface area contributed by atoms with E-state index in [1.54, 1.807) is 0 Å². The molecule has 1 saturated heterocycles. The smallest absolute Gasteiger partial charge is 0.103 e. The first-order chi connectivity index (χ1) is 13.6. The van der Waals surface area contributed by atoms with Gasteiger partial charge in [0.25, 0.3) is 0 Å². The number of piperazine rings is 1. The average molecular weight is 393 g/mol. The molecule has 1 saturated carbocycles. The van der Waals surface area contributed by atoms with E-state index in [-0.39, 0.29) is 10.8 Å². The number of anilines is 1. The summed E-state index contributed by atoms with van der Waals surface area (Å²) in [4.78, 5) is 5.17. The maximum atomic E-state index is 11.9. The van der Waals surface area contributed by atoms with Gasteiger partial charge in [-0.1, -0.05) is 76.2 Å². The molecule has 1 heterocycles. The van der Waals surface area contributed by atoms with Gasteiger partial charge in [-0.2, -0.15) is 0 Å². The van der Waals surface area contributed by atoms with Crippen molar-refractivity contribution in [1.29, 1.82) is 0 Å². The lowest BCUT2D eigenvalue weighted by Crippen LogP contribution is -2.79. The molecule has 2 aromatic carbocycles. The normalized spacial score (nSPS) is 28.8. The molecule has 2 aromatic rings. The second kappa shape index (κ2) is 6.85. The van der Waals surface area contributed by atoms with E-state index in [1.165, 1.54) is 16.8 Å². The van der Waals surface area contributed by atoms with Gasteiger partial charge in [0.15, 0.2) is 0 Å². The minimum Gasteiger partial charge on any atom is -0.384 e. The van der Waals surface area contributed by atoms with Gasteiger partial charge in [0, 0.05) is 48.7 Å². The van der Waals surface area contributed by atoms with Gasteiger partial charge in [0.05, 0.1) is 0 Å². The highest BCUT2D eigenvalue weighted by molar-refractivity contribution is 5.59. The zero-order chi connectivity index (χ0) is 21.0. The Labute approximate surface area is 176 Å². The van der Waals surface area contributed by atoms with Gasteiger partial charge in [-0.3, -0.25) is 4.90 Å². The Kier molecular flexibility index (Phi) is 4.83. The first kappa shape index (κ1) is 20.4. The van der Waals surface area contributed by atoms with Crippen molar-refractivity contribution in [3.8, 4) is 0 Å². The number of rotatable bonds is 3. The van der Waals surface area contributed by atoms with Crippen LogP contribution in [0.2, 0.25) is 0 Å². The molecule has 0 amide bonds. The summed E-state index contributed by atoms with van der Waals surface area (Å²) in [5.74, 6) is 0. The minimum atomic E-state index is -0.824. The third-order valence-electron chi connectivity index (χ3n) is 7.86. The molecule has 0 spiro atoms. The zero-order valence-electron chi connectivity index (χ0n) is 18.9. The summed E-state index contributed by atoms with van der Waals surface area (Å²) in [5, 5.41) is 11.9. The number of hydrogen-bond donors (Lipinski definition) is 1. The SMILES string of the molecule is Cc1cccc(C)c1N1CCN(C2C(C)(C)C(O)(c3ccccc3)C2(C)C)CC1. The van der Waals surface area contributed by atoms with E-state index in [9.17, 15) is 5.11 Å². The van der Waals surface area contributed by atoms with Crippen molar-refractivity contribution in [1.82, 2.24) is 4.90 Å². The first-order valence-corrected chi connectivity index (χ1v) is 11.0. The summed E-state index contributed by atoms with van der Waals surface area (Å²) < 4.78 is 0. The molecule has 3 nitrogen and oxygen atoms in total. The number of nitrogens with zero attached hydrogens (tertiary/aromatic N) is 2. The van der Waals surface area contributed by atoms with E-state index in [4.69, 9.17) is 0 Å². The monoisotopic (exact) mass is 392 g/mol.